The van der Waals surface area contributed by atoms with E-state index in [-0.39, 0.29) is 23.4 Å². The van der Waals surface area contributed by atoms with Crippen LogP contribution in [0, 0.1) is 17.8 Å². The summed E-state index contributed by atoms with van der Waals surface area (Å²) in [7, 11) is 0. The molecule has 3 nitrogen and oxygen atoms in total. The molecule has 3 heteroatoms. The minimum Gasteiger partial charge on any atom is -0.390 e. The summed E-state index contributed by atoms with van der Waals surface area (Å²) in [5.41, 5.74) is -0.696. The smallest absolute Gasteiger partial charge is 0.201 e. The molecule has 0 aliphatic heterocycles. The maximum atomic E-state index is 11.7. The van der Waals surface area contributed by atoms with Crippen LogP contribution in [0.4, 0.5) is 0 Å². The predicted octanol–water partition coefficient (Wildman–Crippen LogP) is 0.696. The molecule has 0 aromatic rings. The molecule has 0 amide bonds. The topological polar surface area (TPSA) is 54.4 Å². The van der Waals surface area contributed by atoms with Crippen molar-refractivity contribution in [2.24, 2.45) is 17.8 Å². The Morgan fingerprint density at radius 3 is 1.93 bits per heavy atom. The van der Waals surface area contributed by atoms with E-state index in [0.29, 0.717) is 18.8 Å². The Hall–Kier alpha value is -0.700. The Morgan fingerprint density at radius 2 is 1.50 bits per heavy atom. The summed E-state index contributed by atoms with van der Waals surface area (Å²) in [5, 5.41) is 10.2. The Morgan fingerprint density at radius 1 is 1.00 bits per heavy atom. The molecule has 0 saturated heterocycles. The highest BCUT2D eigenvalue weighted by atomic mass is 16.3. The van der Waals surface area contributed by atoms with Gasteiger partial charge in [-0.2, -0.15) is 0 Å². The number of carbonyl (C=O) groups excluding carboxylic acids is 2. The van der Waals surface area contributed by atoms with Gasteiger partial charge in [-0.1, -0.05) is 0 Å². The number of ketones is 2. The zero-order valence-electron chi connectivity index (χ0n) is 8.03. The van der Waals surface area contributed by atoms with Crippen LogP contribution in [0.2, 0.25) is 0 Å². The van der Waals surface area contributed by atoms with Gasteiger partial charge in [0.2, 0.25) is 11.6 Å². The summed E-state index contributed by atoms with van der Waals surface area (Å²) in [5.74, 6) is -0.327. The van der Waals surface area contributed by atoms with Gasteiger partial charge >= 0.3 is 0 Å². The second-order valence-electron chi connectivity index (χ2n) is 5.30. The third-order valence-electron chi connectivity index (χ3n) is 4.14. The van der Waals surface area contributed by atoms with Crippen molar-refractivity contribution in [2.75, 3.05) is 0 Å². The van der Waals surface area contributed by atoms with Crippen LogP contribution in [0.15, 0.2) is 0 Å². The molecule has 4 bridgehead atoms. The van der Waals surface area contributed by atoms with Crippen molar-refractivity contribution >= 4 is 11.6 Å². The summed E-state index contributed by atoms with van der Waals surface area (Å²) < 4.78 is 0. The van der Waals surface area contributed by atoms with Crippen LogP contribution in [-0.2, 0) is 9.59 Å². The molecular weight excluding hydrogens is 180 g/mol. The third kappa shape index (κ3) is 1.02. The van der Waals surface area contributed by atoms with E-state index in [1.807, 2.05) is 0 Å². The molecule has 4 atom stereocenters. The third-order valence-corrected chi connectivity index (χ3v) is 4.14. The molecule has 0 aromatic heterocycles. The van der Waals surface area contributed by atoms with E-state index in [9.17, 15) is 14.7 Å². The highest BCUT2D eigenvalue weighted by Gasteiger charge is 2.53. The first kappa shape index (κ1) is 8.60. The van der Waals surface area contributed by atoms with Crippen molar-refractivity contribution in [3.8, 4) is 0 Å². The number of rotatable bonds is 0. The number of Topliss-reactive ketones (excluding diaryl/α,β-unsaturated/α-hetero) is 2. The van der Waals surface area contributed by atoms with Gasteiger partial charge in [-0.15, -0.1) is 0 Å². The molecule has 0 spiro atoms. The van der Waals surface area contributed by atoms with Crippen molar-refractivity contribution in [2.45, 2.75) is 37.7 Å². The summed E-state index contributed by atoms with van der Waals surface area (Å²) >= 11 is 0. The SMILES string of the molecule is O=C1C(=O)[C@H]2CC3C[C@@H]1CC(O)(C3)C2. The Balaban J connectivity index is 2.07. The maximum absolute atomic E-state index is 11.7. The first-order valence-electron chi connectivity index (χ1n) is 5.38. The molecule has 1 N–H and O–H groups in total. The lowest BCUT2D eigenvalue weighted by Gasteiger charge is -2.43. The van der Waals surface area contributed by atoms with Crippen molar-refractivity contribution in [3.63, 3.8) is 0 Å². The van der Waals surface area contributed by atoms with Gasteiger partial charge < -0.3 is 5.11 Å². The normalized spacial score (nSPS) is 51.1. The zero-order chi connectivity index (χ0) is 9.92. The zero-order valence-corrected chi connectivity index (χ0v) is 8.03. The minimum absolute atomic E-state index is 0.168. The van der Waals surface area contributed by atoms with Gasteiger partial charge in [-0.05, 0) is 38.0 Å². The molecule has 4 rings (SSSR count). The van der Waals surface area contributed by atoms with E-state index in [4.69, 9.17) is 0 Å². The molecule has 4 fully saturated rings. The average Bonchev–Trinajstić information content (AvgIpc) is 2.21. The van der Waals surface area contributed by atoms with Crippen LogP contribution in [0.5, 0.6) is 0 Å². The molecule has 76 valence electrons. The van der Waals surface area contributed by atoms with Gasteiger partial charge in [0.25, 0.3) is 0 Å². The lowest BCUT2D eigenvalue weighted by Crippen LogP contribution is -2.43. The van der Waals surface area contributed by atoms with Crippen LogP contribution in [-0.4, -0.2) is 22.3 Å². The first-order chi connectivity index (χ1) is 6.57. The quantitative estimate of drug-likeness (QED) is 0.577. The second-order valence-corrected chi connectivity index (χ2v) is 5.30. The molecule has 4 saturated carbocycles. The highest BCUT2D eigenvalue weighted by molar-refractivity contribution is 6.39. The van der Waals surface area contributed by atoms with Crippen LogP contribution < -0.4 is 0 Å². The standard InChI is InChI=1S/C11H14O3/c12-9-7-1-6-2-8(10(9)13)5-11(14,3-6)4-7/h6-8,14H,1-5H2/t6?,7-,8+,11?. The van der Waals surface area contributed by atoms with Crippen molar-refractivity contribution in [1.82, 2.24) is 0 Å². The Bertz CT molecular complexity index is 294. The number of fused-ring (bicyclic) bond motifs is 1. The largest absolute Gasteiger partial charge is 0.390 e. The van der Waals surface area contributed by atoms with Crippen molar-refractivity contribution in [3.05, 3.63) is 0 Å². The molecule has 14 heavy (non-hydrogen) atoms. The lowest BCUT2D eigenvalue weighted by molar-refractivity contribution is -0.140. The van der Waals surface area contributed by atoms with Gasteiger partial charge in [-0.25, -0.2) is 0 Å². The Labute approximate surface area is 82.5 Å². The fourth-order valence-corrected chi connectivity index (χ4v) is 3.74. The highest BCUT2D eigenvalue weighted by Crippen LogP contribution is 2.50. The predicted molar refractivity (Wildman–Crippen MR) is 48.5 cm³/mol. The average molecular weight is 194 g/mol. The number of hydrogen-bond acceptors (Lipinski definition) is 3. The van der Waals surface area contributed by atoms with Gasteiger partial charge in [0, 0.05) is 11.8 Å². The minimum atomic E-state index is -0.696. The van der Waals surface area contributed by atoms with E-state index in [0.717, 1.165) is 19.3 Å². The van der Waals surface area contributed by atoms with E-state index < -0.39 is 5.60 Å². The molecular formula is C11H14O3. The molecule has 0 heterocycles. The van der Waals surface area contributed by atoms with Crippen LogP contribution in [0.1, 0.15) is 32.1 Å². The van der Waals surface area contributed by atoms with Crippen LogP contribution in [0.25, 0.3) is 0 Å². The maximum Gasteiger partial charge on any atom is 0.201 e. The van der Waals surface area contributed by atoms with Gasteiger partial charge in [0.15, 0.2) is 0 Å². The fourth-order valence-electron chi connectivity index (χ4n) is 3.74. The van der Waals surface area contributed by atoms with Crippen molar-refractivity contribution < 1.29 is 14.7 Å². The van der Waals surface area contributed by atoms with E-state index in [1.165, 1.54) is 0 Å². The second kappa shape index (κ2) is 2.45. The van der Waals surface area contributed by atoms with Crippen LogP contribution >= 0.6 is 0 Å². The molecule has 0 aromatic carbocycles. The van der Waals surface area contributed by atoms with Gasteiger partial charge in [0.05, 0.1) is 5.60 Å². The summed E-state index contributed by atoms with van der Waals surface area (Å²) in [6, 6.07) is 0. The van der Waals surface area contributed by atoms with Crippen LogP contribution in [0.3, 0.4) is 0 Å². The molecule has 2 unspecified atom stereocenters. The van der Waals surface area contributed by atoms with Crippen molar-refractivity contribution in [1.29, 1.82) is 0 Å². The van der Waals surface area contributed by atoms with E-state index in [2.05, 4.69) is 0 Å². The lowest BCUT2D eigenvalue weighted by atomic mass is 9.65. The number of hydrogen-bond donors (Lipinski definition) is 1. The summed E-state index contributed by atoms with van der Waals surface area (Å²) in [4.78, 5) is 23.3. The number of aliphatic hydroxyl groups is 1. The molecule has 0 radical (unpaired) electrons. The van der Waals surface area contributed by atoms with E-state index in [1.54, 1.807) is 0 Å². The molecule has 4 aliphatic carbocycles. The monoisotopic (exact) mass is 194 g/mol. The summed E-state index contributed by atoms with van der Waals surface area (Å²) in [6.07, 6.45) is 3.54. The Kier molecular flexibility index (Phi) is 1.51. The molecule has 4 aliphatic rings. The van der Waals surface area contributed by atoms with Gasteiger partial charge in [0.1, 0.15) is 0 Å². The fraction of sp³-hybridized carbons (Fsp3) is 0.818. The summed E-state index contributed by atoms with van der Waals surface area (Å²) in [6.45, 7) is 0. The van der Waals surface area contributed by atoms with Gasteiger partial charge in [-0.3, -0.25) is 9.59 Å². The van der Waals surface area contributed by atoms with E-state index >= 15 is 0 Å². The number of carbonyl (C=O) groups is 2. The first-order valence-corrected chi connectivity index (χ1v) is 5.38.